The van der Waals surface area contributed by atoms with Gasteiger partial charge in [-0.15, -0.1) is 6.58 Å². The Hall–Kier alpha value is -2.76. The summed E-state index contributed by atoms with van der Waals surface area (Å²) in [6, 6.07) is 6.04. The summed E-state index contributed by atoms with van der Waals surface area (Å²) < 4.78 is 24.8. The van der Waals surface area contributed by atoms with Crippen LogP contribution in [0.4, 0.5) is 0 Å². The summed E-state index contributed by atoms with van der Waals surface area (Å²) in [6.07, 6.45) is 5.65. The Balaban J connectivity index is 1.73. The second-order valence-corrected chi connectivity index (χ2v) is 9.32. The zero-order chi connectivity index (χ0) is 19.9. The molecule has 1 fully saturated rings. The molecule has 8 heteroatoms. The number of H-pyrrole nitrogens is 1. The molecule has 0 radical (unpaired) electrons. The van der Waals surface area contributed by atoms with Crippen molar-refractivity contribution in [3.8, 4) is 6.07 Å². The third-order valence-electron chi connectivity index (χ3n) is 5.32. The summed E-state index contributed by atoms with van der Waals surface area (Å²) in [5, 5.41) is 10.4. The maximum Gasteiger partial charge on any atom is 0.201 e. The molecule has 28 heavy (non-hydrogen) atoms. The monoisotopic (exact) mass is 395 g/mol. The number of aryl methyl sites for hydroxylation is 1. The van der Waals surface area contributed by atoms with Gasteiger partial charge in [-0.25, -0.2) is 13.4 Å². The van der Waals surface area contributed by atoms with Gasteiger partial charge < -0.3 is 4.98 Å². The van der Waals surface area contributed by atoms with E-state index in [1.165, 1.54) is 6.08 Å². The van der Waals surface area contributed by atoms with Crippen molar-refractivity contribution in [3.63, 3.8) is 0 Å². The Bertz CT molecular complexity index is 1210. The average molecular weight is 395 g/mol. The van der Waals surface area contributed by atoms with Gasteiger partial charge in [-0.1, -0.05) is 6.08 Å². The van der Waals surface area contributed by atoms with E-state index in [1.54, 1.807) is 17.3 Å². The maximum absolute atomic E-state index is 12.4. The van der Waals surface area contributed by atoms with Gasteiger partial charge in [0.1, 0.15) is 5.65 Å². The largest absolute Gasteiger partial charge is 0.344 e. The van der Waals surface area contributed by atoms with Crippen LogP contribution in [-0.4, -0.2) is 52.5 Å². The highest BCUT2D eigenvalue weighted by atomic mass is 32.2. The van der Waals surface area contributed by atoms with Crippen molar-refractivity contribution in [1.29, 1.82) is 5.26 Å². The van der Waals surface area contributed by atoms with E-state index >= 15 is 0 Å². The fraction of sp³-hybridized carbons (Fsp3) is 0.350. The number of aromatic amines is 1. The minimum absolute atomic E-state index is 0.126. The van der Waals surface area contributed by atoms with Crippen molar-refractivity contribution in [1.82, 2.24) is 19.9 Å². The van der Waals surface area contributed by atoms with Gasteiger partial charge in [-0.05, 0) is 37.0 Å². The van der Waals surface area contributed by atoms with Gasteiger partial charge in [0, 0.05) is 35.8 Å². The van der Waals surface area contributed by atoms with Gasteiger partial charge in [-0.3, -0.25) is 9.88 Å². The SMILES string of the molecule is C=CCS(=O)(=O)C(C#N)N1CCC(c2ccnc3cnc4[nH]c(C)cc4c23)C1. The van der Waals surface area contributed by atoms with Crippen LogP contribution in [0.2, 0.25) is 0 Å². The molecule has 0 spiro atoms. The van der Waals surface area contributed by atoms with Crippen molar-refractivity contribution in [2.75, 3.05) is 18.8 Å². The fourth-order valence-corrected chi connectivity index (χ4v) is 5.43. The first-order valence-corrected chi connectivity index (χ1v) is 10.8. The van der Waals surface area contributed by atoms with Gasteiger partial charge in [0.15, 0.2) is 9.84 Å². The first-order valence-electron chi connectivity index (χ1n) is 9.13. The van der Waals surface area contributed by atoms with Crippen LogP contribution in [0.15, 0.2) is 37.2 Å². The van der Waals surface area contributed by atoms with Gasteiger partial charge in [0.25, 0.3) is 0 Å². The molecule has 0 saturated carbocycles. The molecule has 3 aromatic rings. The normalized spacial score (nSPS) is 19.1. The molecule has 1 aliphatic heterocycles. The Kier molecular flexibility index (Phi) is 4.65. The summed E-state index contributed by atoms with van der Waals surface area (Å²) in [6.45, 7) is 6.56. The smallest absolute Gasteiger partial charge is 0.201 e. The summed E-state index contributed by atoms with van der Waals surface area (Å²) in [5.41, 5.74) is 3.78. The first kappa shape index (κ1) is 18.6. The van der Waals surface area contributed by atoms with Crippen LogP contribution >= 0.6 is 0 Å². The topological polar surface area (TPSA) is 103 Å². The van der Waals surface area contributed by atoms with Gasteiger partial charge >= 0.3 is 0 Å². The summed E-state index contributed by atoms with van der Waals surface area (Å²) in [4.78, 5) is 13.9. The Labute approximate surface area is 163 Å². The molecule has 0 amide bonds. The summed E-state index contributed by atoms with van der Waals surface area (Å²) >= 11 is 0. The summed E-state index contributed by atoms with van der Waals surface area (Å²) in [5.74, 6) is -0.0689. The van der Waals surface area contributed by atoms with Crippen LogP contribution < -0.4 is 0 Å². The number of hydrogen-bond acceptors (Lipinski definition) is 6. The molecule has 2 atom stereocenters. The minimum atomic E-state index is -3.57. The van der Waals surface area contributed by atoms with Crippen LogP contribution in [0, 0.1) is 18.3 Å². The van der Waals surface area contributed by atoms with E-state index in [2.05, 4.69) is 27.6 Å². The maximum atomic E-state index is 12.4. The molecule has 1 N–H and O–H groups in total. The molecule has 144 valence electrons. The first-order chi connectivity index (χ1) is 13.4. The highest BCUT2D eigenvalue weighted by Gasteiger charge is 2.36. The van der Waals surface area contributed by atoms with E-state index in [4.69, 9.17) is 0 Å². The fourth-order valence-electron chi connectivity index (χ4n) is 4.12. The third-order valence-corrected chi connectivity index (χ3v) is 7.11. The number of nitrogens with one attached hydrogen (secondary N) is 1. The number of nitriles is 1. The molecule has 0 aliphatic carbocycles. The number of pyridine rings is 2. The average Bonchev–Trinajstić information content (AvgIpc) is 3.27. The van der Waals surface area contributed by atoms with E-state index in [1.807, 2.05) is 19.1 Å². The molecular formula is C20H21N5O2S. The standard InChI is InChI=1S/C20H21N5O2S/c1-3-8-28(26,27)18(10-21)25-7-5-14(12-25)15-4-6-22-17-11-23-20-16(19(15)17)9-13(2)24-20/h3-4,6,9,11,14,18H,1,5,7-8,12H2,2H3,(H,23,24). The van der Waals surface area contributed by atoms with Gasteiger partial charge in [0.2, 0.25) is 5.37 Å². The Morgan fingerprint density at radius 3 is 3.07 bits per heavy atom. The summed E-state index contributed by atoms with van der Waals surface area (Å²) in [7, 11) is -3.57. The number of sulfone groups is 1. The van der Waals surface area contributed by atoms with E-state index in [0.717, 1.165) is 39.6 Å². The number of rotatable bonds is 5. The number of aromatic nitrogens is 3. The highest BCUT2D eigenvalue weighted by molar-refractivity contribution is 7.92. The number of likely N-dealkylation sites (tertiary alicyclic amines) is 1. The predicted octanol–water partition coefficient (Wildman–Crippen LogP) is 2.66. The molecule has 1 aliphatic rings. The number of nitrogens with zero attached hydrogens (tertiary/aromatic N) is 4. The van der Waals surface area contributed by atoms with Crippen LogP contribution in [0.3, 0.4) is 0 Å². The van der Waals surface area contributed by atoms with Crippen LogP contribution in [0.5, 0.6) is 0 Å². The lowest BCUT2D eigenvalue weighted by molar-refractivity contribution is 0.340. The molecule has 0 bridgehead atoms. The second-order valence-electron chi connectivity index (χ2n) is 7.21. The molecule has 7 nitrogen and oxygen atoms in total. The molecule has 2 unspecified atom stereocenters. The molecule has 4 rings (SSSR count). The molecule has 0 aromatic carbocycles. The van der Waals surface area contributed by atoms with E-state index in [-0.39, 0.29) is 11.7 Å². The quantitative estimate of drug-likeness (QED) is 0.666. The van der Waals surface area contributed by atoms with Crippen molar-refractivity contribution < 1.29 is 8.42 Å². The van der Waals surface area contributed by atoms with Crippen molar-refractivity contribution in [3.05, 3.63) is 48.4 Å². The highest BCUT2D eigenvalue weighted by Crippen LogP contribution is 2.36. The molecular weight excluding hydrogens is 374 g/mol. The van der Waals surface area contributed by atoms with Crippen LogP contribution in [0.25, 0.3) is 21.9 Å². The van der Waals surface area contributed by atoms with Crippen molar-refractivity contribution >= 4 is 31.8 Å². The lowest BCUT2D eigenvalue weighted by Crippen LogP contribution is -2.39. The zero-order valence-electron chi connectivity index (χ0n) is 15.6. The third kappa shape index (κ3) is 3.07. The lowest BCUT2D eigenvalue weighted by Gasteiger charge is -2.22. The van der Waals surface area contributed by atoms with Crippen LogP contribution in [-0.2, 0) is 9.84 Å². The molecule has 4 heterocycles. The minimum Gasteiger partial charge on any atom is -0.344 e. The van der Waals surface area contributed by atoms with Gasteiger partial charge in [0.05, 0.1) is 23.5 Å². The second kappa shape index (κ2) is 7.00. The predicted molar refractivity (Wildman–Crippen MR) is 108 cm³/mol. The van der Waals surface area contributed by atoms with Gasteiger partial charge in [-0.2, -0.15) is 5.26 Å². The lowest BCUT2D eigenvalue weighted by atomic mass is 9.94. The Morgan fingerprint density at radius 2 is 2.32 bits per heavy atom. The Morgan fingerprint density at radius 1 is 1.50 bits per heavy atom. The van der Waals surface area contributed by atoms with Crippen molar-refractivity contribution in [2.45, 2.75) is 24.6 Å². The molecule has 1 saturated heterocycles. The van der Waals surface area contributed by atoms with E-state index < -0.39 is 15.2 Å². The number of hydrogen-bond donors (Lipinski definition) is 1. The van der Waals surface area contributed by atoms with Crippen LogP contribution in [0.1, 0.15) is 23.6 Å². The molecule has 3 aromatic heterocycles. The zero-order valence-corrected chi connectivity index (χ0v) is 16.4. The number of fused-ring (bicyclic) bond motifs is 3. The van der Waals surface area contributed by atoms with Crippen molar-refractivity contribution in [2.24, 2.45) is 0 Å². The van der Waals surface area contributed by atoms with E-state index in [9.17, 15) is 13.7 Å². The van der Waals surface area contributed by atoms with E-state index in [0.29, 0.717) is 13.1 Å².